The number of hydrogen-bond donors (Lipinski definition) is 1. The molecular weight excluding hydrogens is 215 g/mol. The standard InChI is InChI=1S/C9H9ClO3.Na/c1-6(9(11)12)13-8-4-2-3-7(10)5-8;/h2-6H,1H3,(H,11,12);. The molecule has 0 aliphatic heterocycles. The van der Waals surface area contributed by atoms with Crippen molar-refractivity contribution in [2.24, 2.45) is 0 Å². The van der Waals surface area contributed by atoms with Gasteiger partial charge < -0.3 is 9.84 Å². The largest absolute Gasteiger partial charge is 0.479 e. The van der Waals surface area contributed by atoms with Crippen LogP contribution in [0, 0.1) is 0 Å². The number of carbonyl (C=O) groups is 1. The maximum atomic E-state index is 10.4. The Balaban J connectivity index is 0.00000169. The first-order chi connectivity index (χ1) is 6.09. The molecule has 0 aliphatic carbocycles. The molecule has 0 bridgehead atoms. The Morgan fingerprint density at radius 1 is 1.57 bits per heavy atom. The molecule has 0 saturated carbocycles. The predicted molar refractivity (Wildman–Crippen MR) is 54.9 cm³/mol. The zero-order valence-corrected chi connectivity index (χ0v) is 10.8. The summed E-state index contributed by atoms with van der Waals surface area (Å²) in [5, 5.41) is 9.08. The monoisotopic (exact) mass is 223 g/mol. The summed E-state index contributed by atoms with van der Waals surface area (Å²) >= 11 is 5.68. The van der Waals surface area contributed by atoms with Crippen LogP contribution in [0.4, 0.5) is 0 Å². The fraction of sp³-hybridized carbons (Fsp3) is 0.222. The number of rotatable bonds is 3. The Morgan fingerprint density at radius 3 is 2.71 bits per heavy atom. The second-order valence-electron chi connectivity index (χ2n) is 2.56. The number of aliphatic carboxylic acids is 1. The van der Waals surface area contributed by atoms with Gasteiger partial charge in [-0.25, -0.2) is 4.79 Å². The minimum absolute atomic E-state index is 0. The van der Waals surface area contributed by atoms with Crippen LogP contribution < -0.4 is 4.74 Å². The number of halogens is 1. The zero-order chi connectivity index (χ0) is 9.84. The van der Waals surface area contributed by atoms with Crippen molar-refractivity contribution in [3.05, 3.63) is 29.3 Å². The van der Waals surface area contributed by atoms with Crippen LogP contribution in [0.3, 0.4) is 0 Å². The first-order valence-corrected chi connectivity index (χ1v) is 4.12. The molecule has 0 heterocycles. The molecule has 14 heavy (non-hydrogen) atoms. The average Bonchev–Trinajstić information content (AvgIpc) is 2.04. The maximum absolute atomic E-state index is 10.4. The van der Waals surface area contributed by atoms with E-state index in [1.54, 1.807) is 24.3 Å². The van der Waals surface area contributed by atoms with Gasteiger partial charge in [-0.2, -0.15) is 0 Å². The Hall–Kier alpha value is -0.220. The van der Waals surface area contributed by atoms with Gasteiger partial charge in [-0.05, 0) is 25.1 Å². The van der Waals surface area contributed by atoms with E-state index >= 15 is 0 Å². The molecule has 3 nitrogen and oxygen atoms in total. The van der Waals surface area contributed by atoms with Crippen LogP contribution >= 0.6 is 11.6 Å². The number of benzene rings is 1. The predicted octanol–water partition coefficient (Wildman–Crippen LogP) is 1.81. The van der Waals surface area contributed by atoms with Crippen LogP contribution in [0.25, 0.3) is 0 Å². The fourth-order valence-electron chi connectivity index (χ4n) is 0.795. The molecule has 1 aromatic rings. The van der Waals surface area contributed by atoms with E-state index in [1.165, 1.54) is 6.92 Å². The van der Waals surface area contributed by atoms with E-state index in [0.717, 1.165) is 0 Å². The third-order valence-corrected chi connectivity index (χ3v) is 1.69. The first kappa shape index (κ1) is 13.8. The molecule has 0 amide bonds. The van der Waals surface area contributed by atoms with E-state index < -0.39 is 12.1 Å². The van der Waals surface area contributed by atoms with Crippen LogP contribution in [0.2, 0.25) is 5.02 Å². The van der Waals surface area contributed by atoms with E-state index in [0.29, 0.717) is 10.8 Å². The third kappa shape index (κ3) is 4.33. The molecule has 71 valence electrons. The number of carboxylic acids is 1. The Morgan fingerprint density at radius 2 is 2.21 bits per heavy atom. The smallest absolute Gasteiger partial charge is 0.344 e. The molecule has 1 rings (SSSR count). The van der Waals surface area contributed by atoms with Crippen molar-refractivity contribution in [1.29, 1.82) is 0 Å². The molecule has 0 spiro atoms. The fourth-order valence-corrected chi connectivity index (χ4v) is 0.975. The van der Waals surface area contributed by atoms with Gasteiger partial charge >= 0.3 is 5.97 Å². The zero-order valence-electron chi connectivity index (χ0n) is 8.03. The van der Waals surface area contributed by atoms with Crippen molar-refractivity contribution < 1.29 is 14.6 Å². The minimum atomic E-state index is -1.00. The molecule has 1 unspecified atom stereocenters. The van der Waals surface area contributed by atoms with E-state index in [2.05, 4.69) is 0 Å². The molecule has 1 N–H and O–H groups in total. The molecule has 1 radical (unpaired) electrons. The Labute approximate surface area is 109 Å². The number of hydrogen-bond acceptors (Lipinski definition) is 2. The molecule has 0 aromatic heterocycles. The summed E-state index contributed by atoms with van der Waals surface area (Å²) in [4.78, 5) is 10.4. The Kier molecular flexibility index (Phi) is 6.20. The van der Waals surface area contributed by atoms with Crippen molar-refractivity contribution >= 4 is 47.1 Å². The van der Waals surface area contributed by atoms with Gasteiger partial charge in [0.05, 0.1) is 0 Å². The summed E-state index contributed by atoms with van der Waals surface area (Å²) < 4.78 is 5.07. The molecule has 1 atom stereocenters. The van der Waals surface area contributed by atoms with Crippen molar-refractivity contribution in [1.82, 2.24) is 0 Å². The van der Waals surface area contributed by atoms with Gasteiger partial charge in [0.1, 0.15) is 5.75 Å². The van der Waals surface area contributed by atoms with Crippen LogP contribution in [-0.2, 0) is 4.79 Å². The molecule has 1 aromatic carbocycles. The van der Waals surface area contributed by atoms with Crippen molar-refractivity contribution in [2.75, 3.05) is 0 Å². The van der Waals surface area contributed by atoms with Crippen LogP contribution in [0.5, 0.6) is 5.75 Å². The normalized spacial score (nSPS) is 11.3. The quantitative estimate of drug-likeness (QED) is 0.795. The first-order valence-electron chi connectivity index (χ1n) is 3.74. The van der Waals surface area contributed by atoms with Gasteiger partial charge in [-0.15, -0.1) is 0 Å². The Bertz CT molecular complexity index is 317. The second kappa shape index (κ2) is 6.30. The van der Waals surface area contributed by atoms with Gasteiger partial charge in [0.2, 0.25) is 0 Å². The summed E-state index contributed by atoms with van der Waals surface area (Å²) in [5.74, 6) is -0.539. The molecule has 0 fully saturated rings. The molecular formula is C9H9ClNaO3. The van der Waals surface area contributed by atoms with E-state index in [-0.39, 0.29) is 29.6 Å². The number of carboxylic acid groups (broad SMARTS) is 1. The average molecular weight is 224 g/mol. The van der Waals surface area contributed by atoms with Crippen molar-refractivity contribution in [2.45, 2.75) is 13.0 Å². The van der Waals surface area contributed by atoms with Gasteiger partial charge in [0, 0.05) is 34.6 Å². The summed E-state index contributed by atoms with van der Waals surface area (Å²) in [5.41, 5.74) is 0. The SMILES string of the molecule is CC(Oc1cccc(Cl)c1)C(=O)O.[Na]. The minimum Gasteiger partial charge on any atom is -0.479 e. The number of ether oxygens (including phenoxy) is 1. The molecule has 0 saturated heterocycles. The van der Waals surface area contributed by atoms with E-state index in [4.69, 9.17) is 21.4 Å². The van der Waals surface area contributed by atoms with Crippen LogP contribution in [-0.4, -0.2) is 46.7 Å². The van der Waals surface area contributed by atoms with Crippen molar-refractivity contribution in [3.63, 3.8) is 0 Å². The van der Waals surface area contributed by atoms with Gasteiger partial charge in [-0.3, -0.25) is 0 Å². The summed E-state index contributed by atoms with van der Waals surface area (Å²) in [6.45, 7) is 1.46. The van der Waals surface area contributed by atoms with Gasteiger partial charge in [0.15, 0.2) is 6.10 Å². The molecule has 5 heteroatoms. The summed E-state index contributed by atoms with van der Waals surface area (Å²) in [6.07, 6.45) is -0.863. The summed E-state index contributed by atoms with van der Waals surface area (Å²) in [7, 11) is 0. The maximum Gasteiger partial charge on any atom is 0.344 e. The molecule has 0 aliphatic rings. The van der Waals surface area contributed by atoms with E-state index in [9.17, 15) is 4.79 Å². The van der Waals surface area contributed by atoms with Gasteiger partial charge in [0.25, 0.3) is 0 Å². The summed E-state index contributed by atoms with van der Waals surface area (Å²) in [6, 6.07) is 6.62. The van der Waals surface area contributed by atoms with Crippen LogP contribution in [0.15, 0.2) is 24.3 Å². The van der Waals surface area contributed by atoms with Crippen molar-refractivity contribution in [3.8, 4) is 5.75 Å². The second-order valence-corrected chi connectivity index (χ2v) is 2.99. The van der Waals surface area contributed by atoms with Gasteiger partial charge in [-0.1, -0.05) is 17.7 Å². The van der Waals surface area contributed by atoms with Crippen LogP contribution in [0.1, 0.15) is 6.92 Å². The van der Waals surface area contributed by atoms with E-state index in [1.807, 2.05) is 0 Å². The topological polar surface area (TPSA) is 46.5 Å². The third-order valence-electron chi connectivity index (χ3n) is 1.46.